The molecule has 47 heavy (non-hydrogen) atoms. The average molecular weight is 650 g/mol. The number of Topliss-reactive ketones (excluding diaryl/α,β-unsaturated/α-hetero) is 1. The van der Waals surface area contributed by atoms with Gasteiger partial charge in [0.25, 0.3) is 0 Å². The van der Waals surface area contributed by atoms with Gasteiger partial charge in [-0.15, -0.1) is 0 Å². The highest BCUT2D eigenvalue weighted by Gasteiger charge is 2.32. The first-order valence-corrected chi connectivity index (χ1v) is 15.7. The third kappa shape index (κ3) is 8.84. The number of cyclic esters (lactones) is 1. The van der Waals surface area contributed by atoms with Crippen LogP contribution >= 0.6 is 0 Å². The maximum atomic E-state index is 13.6. The van der Waals surface area contributed by atoms with Gasteiger partial charge in [-0.1, -0.05) is 12.2 Å². The first-order chi connectivity index (χ1) is 22.7. The molecule has 12 nitrogen and oxygen atoms in total. The summed E-state index contributed by atoms with van der Waals surface area (Å²) >= 11 is 0. The number of nitrogens with zero attached hydrogens (tertiary/aromatic N) is 1. The molecule has 1 aliphatic rings. The molecule has 3 aromatic rings. The number of hydrogen-bond acceptors (Lipinski definition) is 10. The van der Waals surface area contributed by atoms with Gasteiger partial charge in [-0.25, -0.2) is 9.78 Å². The summed E-state index contributed by atoms with van der Waals surface area (Å²) in [5.41, 5.74) is 1.38. The van der Waals surface area contributed by atoms with Crippen LogP contribution in [0.3, 0.4) is 0 Å². The van der Waals surface area contributed by atoms with Crippen LogP contribution in [0.15, 0.2) is 36.8 Å². The van der Waals surface area contributed by atoms with Crippen LogP contribution in [0.5, 0.6) is 28.7 Å². The van der Waals surface area contributed by atoms with Gasteiger partial charge in [0.15, 0.2) is 11.5 Å². The van der Waals surface area contributed by atoms with Gasteiger partial charge in [-0.05, 0) is 61.9 Å². The summed E-state index contributed by atoms with van der Waals surface area (Å²) in [6, 6.07) is 4.65. The van der Waals surface area contributed by atoms with E-state index in [2.05, 4.69) is 15.3 Å². The topological polar surface area (TPSA) is 169 Å². The van der Waals surface area contributed by atoms with Crippen LogP contribution < -0.4 is 19.5 Å². The molecule has 252 valence electrons. The zero-order valence-corrected chi connectivity index (χ0v) is 27.3. The number of benzene rings is 2. The Hall–Kier alpha value is -5.00. The molecule has 2 aromatic carbocycles. The molecule has 0 bridgehead atoms. The van der Waals surface area contributed by atoms with Gasteiger partial charge >= 0.3 is 5.97 Å². The molecule has 0 fully saturated rings. The van der Waals surface area contributed by atoms with E-state index < -0.39 is 23.7 Å². The van der Waals surface area contributed by atoms with Gasteiger partial charge in [0.1, 0.15) is 22.8 Å². The Morgan fingerprint density at radius 1 is 1.09 bits per heavy atom. The summed E-state index contributed by atoms with van der Waals surface area (Å²) in [5.74, 6) is -1.85. The third-order valence-electron chi connectivity index (χ3n) is 8.15. The molecule has 1 aromatic heterocycles. The number of fused-ring (bicyclic) bond motifs is 1. The number of aromatic amines is 1. The third-order valence-corrected chi connectivity index (χ3v) is 8.15. The van der Waals surface area contributed by atoms with E-state index in [0.717, 1.165) is 5.69 Å². The lowest BCUT2D eigenvalue weighted by atomic mass is 9.84. The smallest absolute Gasteiger partial charge is 0.342 e. The minimum atomic E-state index is -0.963. The number of nitrogens with one attached hydrogen (secondary N) is 2. The van der Waals surface area contributed by atoms with Gasteiger partial charge in [0.2, 0.25) is 11.7 Å². The monoisotopic (exact) mass is 649 g/mol. The Kier molecular flexibility index (Phi) is 12.3. The van der Waals surface area contributed by atoms with Crippen LogP contribution in [-0.2, 0) is 20.7 Å². The number of aromatic hydroxyl groups is 2. The van der Waals surface area contributed by atoms with Crippen molar-refractivity contribution >= 4 is 23.7 Å². The van der Waals surface area contributed by atoms with Gasteiger partial charge < -0.3 is 39.5 Å². The Labute approximate surface area is 274 Å². The number of esters is 1. The number of imidazole rings is 1. The minimum absolute atomic E-state index is 0.0357. The van der Waals surface area contributed by atoms with Crippen molar-refractivity contribution in [3.05, 3.63) is 64.7 Å². The molecule has 0 radical (unpaired) electrons. The molecule has 0 spiro atoms. The van der Waals surface area contributed by atoms with Crippen LogP contribution in [-0.4, -0.2) is 71.8 Å². The standard InChI is InChI=1S/C35H43N3O9/c1-21-9-8-12-25(39)11-7-5-6-10-22-15-27(40)32(33(42)31(22)35(43)47-21)26(18-30(41)37-14-13-24-19-36-20-38-24)23-16-28(44-2)34(46-4)29(17-23)45-3/h6,10,15-17,19-21,26,40,42H,5,7-9,11-14,18H2,1-4H3,(H,36,38)(H,37,41). The van der Waals surface area contributed by atoms with Crippen LogP contribution in [0.25, 0.3) is 6.08 Å². The Morgan fingerprint density at radius 2 is 1.81 bits per heavy atom. The van der Waals surface area contributed by atoms with E-state index in [4.69, 9.17) is 18.9 Å². The SMILES string of the molecule is COc1cc(C(CC(=O)NCCc2cnc[nH]2)c2c(O)cc3c(c2O)C(=O)OC(C)CCCC(=O)CCCC=C3)cc(OC)c1OC. The van der Waals surface area contributed by atoms with Crippen molar-refractivity contribution in [2.24, 2.45) is 0 Å². The van der Waals surface area contributed by atoms with Gasteiger partial charge in [-0.2, -0.15) is 0 Å². The van der Waals surface area contributed by atoms with Gasteiger partial charge in [0, 0.05) is 55.6 Å². The molecule has 2 unspecified atom stereocenters. The summed E-state index contributed by atoms with van der Waals surface area (Å²) in [6.45, 7) is 2.04. The fourth-order valence-corrected chi connectivity index (χ4v) is 5.72. The average Bonchev–Trinajstić information content (AvgIpc) is 3.56. The zero-order chi connectivity index (χ0) is 33.9. The molecule has 0 aliphatic carbocycles. The number of phenols is 2. The highest BCUT2D eigenvalue weighted by atomic mass is 16.5. The Morgan fingerprint density at radius 3 is 2.47 bits per heavy atom. The predicted octanol–water partition coefficient (Wildman–Crippen LogP) is 5.21. The number of aromatic nitrogens is 2. The molecule has 4 N–H and O–H groups in total. The number of methoxy groups -OCH3 is 3. The van der Waals surface area contributed by atoms with Crippen LogP contribution in [0.2, 0.25) is 0 Å². The lowest BCUT2D eigenvalue weighted by molar-refractivity contribution is -0.121. The maximum absolute atomic E-state index is 13.6. The molecule has 0 saturated heterocycles. The van der Waals surface area contributed by atoms with Crippen LogP contribution in [0, 0.1) is 0 Å². The van der Waals surface area contributed by atoms with Gasteiger partial charge in [-0.3, -0.25) is 9.59 Å². The zero-order valence-electron chi connectivity index (χ0n) is 27.3. The summed E-state index contributed by atoms with van der Waals surface area (Å²) in [7, 11) is 4.38. The first-order valence-electron chi connectivity index (χ1n) is 15.7. The van der Waals surface area contributed by atoms with E-state index in [-0.39, 0.29) is 40.6 Å². The van der Waals surface area contributed by atoms with Crippen molar-refractivity contribution < 1.29 is 43.5 Å². The lowest BCUT2D eigenvalue weighted by Gasteiger charge is -2.24. The summed E-state index contributed by atoms with van der Waals surface area (Å²) in [4.78, 5) is 46.2. The molecule has 1 amide bonds. The molecular formula is C35H43N3O9. The highest BCUT2D eigenvalue weighted by molar-refractivity contribution is 5.98. The lowest BCUT2D eigenvalue weighted by Crippen LogP contribution is -2.27. The second kappa shape index (κ2) is 16.5. The number of phenolic OH excluding ortho intramolecular Hbond substituents is 2. The second-order valence-electron chi connectivity index (χ2n) is 11.5. The number of ether oxygens (including phenoxy) is 4. The molecule has 0 saturated carbocycles. The summed E-state index contributed by atoms with van der Waals surface area (Å²) < 4.78 is 22.3. The first kappa shape index (κ1) is 34.9. The maximum Gasteiger partial charge on any atom is 0.342 e. The Balaban J connectivity index is 1.81. The second-order valence-corrected chi connectivity index (χ2v) is 11.5. The number of amides is 1. The quantitative estimate of drug-likeness (QED) is 0.214. The molecule has 2 atom stereocenters. The van der Waals surface area contributed by atoms with E-state index in [1.165, 1.54) is 27.4 Å². The number of ketones is 1. The predicted molar refractivity (Wildman–Crippen MR) is 174 cm³/mol. The fraction of sp³-hybridized carbons (Fsp3) is 0.429. The van der Waals surface area contributed by atoms with Crippen molar-refractivity contribution in [2.45, 2.75) is 70.3 Å². The molecule has 12 heteroatoms. The number of rotatable bonds is 10. The van der Waals surface area contributed by atoms with E-state index in [9.17, 15) is 24.6 Å². The molecular weight excluding hydrogens is 606 g/mol. The van der Waals surface area contributed by atoms with Crippen molar-refractivity contribution in [1.82, 2.24) is 15.3 Å². The van der Waals surface area contributed by atoms with E-state index in [1.54, 1.807) is 43.7 Å². The van der Waals surface area contributed by atoms with E-state index >= 15 is 0 Å². The molecule has 4 rings (SSSR count). The van der Waals surface area contributed by atoms with Crippen molar-refractivity contribution in [1.29, 1.82) is 0 Å². The summed E-state index contributed by atoms with van der Waals surface area (Å²) in [6.07, 6.45) is 9.51. The molecule has 1 aliphatic heterocycles. The van der Waals surface area contributed by atoms with Crippen molar-refractivity contribution in [3.8, 4) is 28.7 Å². The summed E-state index contributed by atoms with van der Waals surface area (Å²) in [5, 5.41) is 26.2. The Bertz CT molecular complexity index is 1560. The fourth-order valence-electron chi connectivity index (χ4n) is 5.72. The number of H-pyrrole nitrogens is 1. The van der Waals surface area contributed by atoms with Crippen LogP contribution in [0.4, 0.5) is 0 Å². The number of allylic oxidation sites excluding steroid dienone is 1. The minimum Gasteiger partial charge on any atom is -0.507 e. The highest BCUT2D eigenvalue weighted by Crippen LogP contribution is 2.47. The van der Waals surface area contributed by atoms with Crippen LogP contribution in [0.1, 0.15) is 90.5 Å². The normalized spacial score (nSPS) is 16.4. The van der Waals surface area contributed by atoms with Crippen molar-refractivity contribution in [2.75, 3.05) is 27.9 Å². The van der Waals surface area contributed by atoms with E-state index in [0.29, 0.717) is 74.3 Å². The largest absolute Gasteiger partial charge is 0.507 e. The molecule has 2 heterocycles. The number of hydrogen-bond donors (Lipinski definition) is 4. The van der Waals surface area contributed by atoms with Crippen molar-refractivity contribution in [3.63, 3.8) is 0 Å². The number of carbonyl (C=O) groups is 3. The van der Waals surface area contributed by atoms with E-state index in [1.807, 2.05) is 0 Å². The van der Waals surface area contributed by atoms with Gasteiger partial charge in [0.05, 0.1) is 33.8 Å². The number of carbonyl (C=O) groups excluding carboxylic acids is 3.